The van der Waals surface area contributed by atoms with E-state index < -0.39 is 17.9 Å². The van der Waals surface area contributed by atoms with E-state index in [0.717, 1.165) is 4.90 Å². The summed E-state index contributed by atoms with van der Waals surface area (Å²) < 4.78 is 81.2. The molecule has 27 heavy (non-hydrogen) atoms. The standard InChI is InChI=1S/C11H18FN3O4.4F2/c1-2-19-6-4-13-9(16)3-5-15-10(17)7-8(14-12)11(15)18;4*1-2/h8,14H,2-7H2,1H3,(H,13,16);;;;. The highest BCUT2D eigenvalue weighted by Crippen LogP contribution is 2.13. The van der Waals surface area contributed by atoms with Crippen molar-refractivity contribution in [3.05, 3.63) is 0 Å². The molecule has 164 valence electrons. The zero-order chi connectivity index (χ0) is 22.3. The lowest BCUT2D eigenvalue weighted by Gasteiger charge is -2.14. The smallest absolute Gasteiger partial charge is 0.249 e. The van der Waals surface area contributed by atoms with E-state index in [1.165, 1.54) is 5.54 Å². The van der Waals surface area contributed by atoms with E-state index in [4.69, 9.17) is 41.3 Å². The number of likely N-dealkylation sites (tertiary alicyclic amines) is 1. The maximum Gasteiger partial charge on any atom is 0.249 e. The molecule has 2 N–H and O–H groups in total. The number of carbonyl (C=O) groups is 3. The number of hydrogen-bond donors (Lipinski definition) is 2. The number of amides is 3. The Hall–Kier alpha value is -2.10. The Labute approximate surface area is 147 Å². The molecule has 0 radical (unpaired) electrons. The molecule has 0 aliphatic carbocycles. The Morgan fingerprint density at radius 3 is 2.04 bits per heavy atom. The van der Waals surface area contributed by atoms with Gasteiger partial charge in [0, 0.05) is 62.7 Å². The third-order valence-electron chi connectivity index (χ3n) is 2.71. The molecule has 0 spiro atoms. The minimum atomic E-state index is -1.12. The number of imide groups is 1. The number of hydrogen-bond acceptors (Lipinski definition) is 5. The van der Waals surface area contributed by atoms with Crippen LogP contribution in [0.5, 0.6) is 0 Å². The second-order valence-corrected chi connectivity index (χ2v) is 4.05. The highest BCUT2D eigenvalue weighted by Gasteiger charge is 2.38. The number of nitrogens with one attached hydrogen (secondary N) is 2. The van der Waals surface area contributed by atoms with Crippen molar-refractivity contribution in [1.82, 2.24) is 15.8 Å². The molecule has 0 aromatic rings. The van der Waals surface area contributed by atoms with Gasteiger partial charge in [-0.3, -0.25) is 19.3 Å². The van der Waals surface area contributed by atoms with Gasteiger partial charge in [-0.15, -0.1) is 10.0 Å². The van der Waals surface area contributed by atoms with Crippen molar-refractivity contribution in [3.8, 4) is 0 Å². The van der Waals surface area contributed by atoms with E-state index in [0.29, 0.717) is 19.8 Å². The Kier molecular flexibility index (Phi) is 31.5. The topological polar surface area (TPSA) is 87.7 Å². The van der Waals surface area contributed by atoms with Gasteiger partial charge in [-0.05, 0) is 6.92 Å². The third-order valence-corrected chi connectivity index (χ3v) is 2.71. The molecule has 0 aromatic carbocycles. The van der Waals surface area contributed by atoms with E-state index in [-0.39, 0.29) is 25.3 Å². The second-order valence-electron chi connectivity index (χ2n) is 4.05. The lowest BCUT2D eigenvalue weighted by atomic mass is 10.3. The lowest BCUT2D eigenvalue weighted by molar-refractivity contribution is -0.139. The Morgan fingerprint density at radius 2 is 1.63 bits per heavy atom. The highest BCUT2D eigenvalue weighted by molar-refractivity contribution is 6.05. The first-order chi connectivity index (χ1) is 13.1. The number of nitrogens with zero attached hydrogens (tertiary/aromatic N) is 1. The van der Waals surface area contributed by atoms with Crippen molar-refractivity contribution in [2.24, 2.45) is 0 Å². The first kappa shape index (κ1) is 32.6. The van der Waals surface area contributed by atoms with E-state index >= 15 is 0 Å². The van der Waals surface area contributed by atoms with Gasteiger partial charge in [0.15, 0.2) is 0 Å². The van der Waals surface area contributed by atoms with Crippen LogP contribution in [-0.4, -0.2) is 55.0 Å². The third kappa shape index (κ3) is 15.8. The quantitative estimate of drug-likeness (QED) is 0.269. The van der Waals surface area contributed by atoms with Crippen molar-refractivity contribution in [1.29, 1.82) is 0 Å². The monoisotopic (exact) mass is 427 g/mol. The van der Waals surface area contributed by atoms with Crippen molar-refractivity contribution >= 4 is 17.7 Å². The average Bonchev–Trinajstić information content (AvgIpc) is 3.02. The molecule has 1 rings (SSSR count). The van der Waals surface area contributed by atoms with E-state index in [1.54, 1.807) is 0 Å². The van der Waals surface area contributed by atoms with Crippen LogP contribution in [0.3, 0.4) is 0 Å². The molecule has 0 bridgehead atoms. The first-order valence-electron chi connectivity index (χ1n) is 6.72. The van der Waals surface area contributed by atoms with E-state index in [1.807, 2.05) is 6.92 Å². The number of carbonyl (C=O) groups excluding carboxylic acids is 3. The van der Waals surface area contributed by atoms with Gasteiger partial charge in [-0.25, -0.2) is 0 Å². The van der Waals surface area contributed by atoms with E-state index in [2.05, 4.69) is 5.32 Å². The average molecular weight is 427 g/mol. The second kappa shape index (κ2) is 26.1. The molecule has 16 heteroatoms. The number of rotatable bonds is 8. The molecule has 1 heterocycles. The van der Waals surface area contributed by atoms with Crippen LogP contribution in [0, 0.1) is 0 Å². The predicted octanol–water partition coefficient (Wildman–Crippen LogP) is 2.49. The van der Waals surface area contributed by atoms with Gasteiger partial charge >= 0.3 is 0 Å². The van der Waals surface area contributed by atoms with Crippen LogP contribution in [0.2, 0.25) is 0 Å². The minimum absolute atomic E-state index is 0.00259. The summed E-state index contributed by atoms with van der Waals surface area (Å²) in [5, 5.41) is 2.59. The molecule has 7 nitrogen and oxygen atoms in total. The molecule has 3 amide bonds. The van der Waals surface area contributed by atoms with Crippen LogP contribution in [0.4, 0.5) is 41.1 Å². The Bertz CT molecular complexity index is 370. The van der Waals surface area contributed by atoms with Gasteiger partial charge in [0.1, 0.15) is 6.04 Å². The molecule has 1 atom stereocenters. The molecule has 1 aliphatic rings. The SMILES string of the molecule is CCOCCNC(=O)CCN1C(=O)CC(NF)C1=O.FF.FF.FF.FF. The summed E-state index contributed by atoms with van der Waals surface area (Å²) in [4.78, 5) is 35.2. The molecule has 1 saturated heterocycles. The molecule has 1 unspecified atom stereocenters. The summed E-state index contributed by atoms with van der Waals surface area (Å²) in [6.45, 7) is 3.18. The molecule has 1 fully saturated rings. The van der Waals surface area contributed by atoms with Gasteiger partial charge in [-0.2, -0.15) is 0 Å². The summed E-state index contributed by atoms with van der Waals surface area (Å²) in [7, 11) is 0. The molecular weight excluding hydrogens is 409 g/mol. The normalized spacial score (nSPS) is 14.3. The van der Waals surface area contributed by atoms with Crippen molar-refractivity contribution in [3.63, 3.8) is 0 Å². The fraction of sp³-hybridized carbons (Fsp3) is 0.727. The van der Waals surface area contributed by atoms with Crippen LogP contribution in [-0.2, 0) is 19.1 Å². The predicted molar refractivity (Wildman–Crippen MR) is 72.4 cm³/mol. The van der Waals surface area contributed by atoms with E-state index in [9.17, 15) is 18.9 Å². The van der Waals surface area contributed by atoms with Gasteiger partial charge in [-0.1, -0.05) is 0 Å². The van der Waals surface area contributed by atoms with Crippen LogP contribution in [0.15, 0.2) is 0 Å². The molecular formula is C11H18F9N3O4. The van der Waals surface area contributed by atoms with Crippen LogP contribution >= 0.6 is 0 Å². The molecule has 0 aromatic heterocycles. The lowest BCUT2D eigenvalue weighted by Crippen LogP contribution is -2.38. The van der Waals surface area contributed by atoms with Crippen LogP contribution in [0.1, 0.15) is 19.8 Å². The molecule has 0 saturated carbocycles. The van der Waals surface area contributed by atoms with Gasteiger partial charge in [0.05, 0.1) is 13.0 Å². The molecule has 1 aliphatic heterocycles. The summed E-state index contributed by atoms with van der Waals surface area (Å²) in [5.41, 5.74) is 1.28. The number of ether oxygens (including phenoxy) is 1. The van der Waals surface area contributed by atoms with Gasteiger partial charge in [0.25, 0.3) is 0 Å². The van der Waals surface area contributed by atoms with Gasteiger partial charge < -0.3 is 10.1 Å². The summed E-state index contributed by atoms with van der Waals surface area (Å²) in [6, 6.07) is -1.12. The fourth-order valence-corrected chi connectivity index (χ4v) is 1.71. The first-order valence-corrected chi connectivity index (χ1v) is 6.72. The summed E-state index contributed by atoms with van der Waals surface area (Å²) in [5.74, 6) is -1.38. The van der Waals surface area contributed by atoms with Crippen molar-refractivity contribution < 1.29 is 60.2 Å². The van der Waals surface area contributed by atoms with Crippen molar-refractivity contribution in [2.45, 2.75) is 25.8 Å². The number of halogens is 9. The minimum Gasteiger partial charge on any atom is -0.380 e. The summed E-state index contributed by atoms with van der Waals surface area (Å²) >= 11 is 0. The highest BCUT2D eigenvalue weighted by atomic mass is 20.0. The zero-order valence-electron chi connectivity index (χ0n) is 13.8. The van der Waals surface area contributed by atoms with Crippen LogP contribution in [0.25, 0.3) is 0 Å². The summed E-state index contributed by atoms with van der Waals surface area (Å²) in [6.07, 6.45) is -0.204. The Balaban J connectivity index is -0.000000292. The Morgan fingerprint density at radius 1 is 1.11 bits per heavy atom. The van der Waals surface area contributed by atoms with Crippen LogP contribution < -0.4 is 10.9 Å². The fourth-order valence-electron chi connectivity index (χ4n) is 1.71. The maximum absolute atomic E-state index is 12.2. The van der Waals surface area contributed by atoms with Crippen molar-refractivity contribution in [2.75, 3.05) is 26.3 Å². The zero-order valence-corrected chi connectivity index (χ0v) is 13.8. The largest absolute Gasteiger partial charge is 0.380 e. The van der Waals surface area contributed by atoms with Gasteiger partial charge in [0.2, 0.25) is 17.7 Å². The maximum atomic E-state index is 12.2.